The lowest BCUT2D eigenvalue weighted by Gasteiger charge is -2.10. The molecule has 0 amide bonds. The van der Waals surface area contributed by atoms with Gasteiger partial charge in [-0.2, -0.15) is 0 Å². The van der Waals surface area contributed by atoms with Gasteiger partial charge < -0.3 is 10.4 Å². The van der Waals surface area contributed by atoms with Crippen molar-refractivity contribution in [2.45, 2.75) is 33.1 Å². The van der Waals surface area contributed by atoms with Crippen LogP contribution in [-0.4, -0.2) is 21.0 Å². The Labute approximate surface area is 144 Å². The second-order valence-corrected chi connectivity index (χ2v) is 6.99. The van der Waals surface area contributed by atoms with Crippen molar-refractivity contribution < 1.29 is 9.90 Å². The molecule has 0 atom stereocenters. The summed E-state index contributed by atoms with van der Waals surface area (Å²) in [4.78, 5) is 22.6. The number of fused-ring (bicyclic) bond motifs is 1. The highest BCUT2D eigenvalue weighted by Crippen LogP contribution is 2.32. The summed E-state index contributed by atoms with van der Waals surface area (Å²) in [6.45, 7) is 6.26. The molecule has 2 N–H and O–H groups in total. The fourth-order valence-corrected chi connectivity index (χ4v) is 3.32. The first kappa shape index (κ1) is 16.4. The number of nitrogens with zero attached hydrogens (tertiary/aromatic N) is 2. The van der Waals surface area contributed by atoms with Crippen molar-refractivity contribution in [1.29, 1.82) is 0 Å². The normalized spacial score (nSPS) is 11.2. The summed E-state index contributed by atoms with van der Waals surface area (Å²) in [5.41, 5.74) is 1.07. The number of rotatable bonds is 5. The zero-order valence-electron chi connectivity index (χ0n) is 13.8. The van der Waals surface area contributed by atoms with Gasteiger partial charge in [0.05, 0.1) is 10.9 Å². The van der Waals surface area contributed by atoms with Gasteiger partial charge in [0.15, 0.2) is 0 Å². The molecule has 0 saturated heterocycles. The Balaban J connectivity index is 2.03. The first-order chi connectivity index (χ1) is 11.5. The van der Waals surface area contributed by atoms with Gasteiger partial charge in [0, 0.05) is 16.5 Å². The summed E-state index contributed by atoms with van der Waals surface area (Å²) in [7, 11) is 0. The molecule has 0 spiro atoms. The highest BCUT2D eigenvalue weighted by atomic mass is 32.1. The largest absolute Gasteiger partial charge is 0.478 e. The molecule has 0 saturated carbocycles. The number of aromatic nitrogens is 2. The molecule has 0 fully saturated rings. The van der Waals surface area contributed by atoms with E-state index in [-0.39, 0.29) is 11.5 Å². The van der Waals surface area contributed by atoms with Crippen molar-refractivity contribution in [2.24, 2.45) is 0 Å². The van der Waals surface area contributed by atoms with Crippen LogP contribution < -0.4 is 5.32 Å². The quantitative estimate of drug-likeness (QED) is 0.696. The molecule has 1 aromatic carbocycles. The van der Waals surface area contributed by atoms with E-state index in [2.05, 4.69) is 42.1 Å². The Hall–Kier alpha value is -2.47. The van der Waals surface area contributed by atoms with Gasteiger partial charge in [0.25, 0.3) is 0 Å². The molecule has 0 aliphatic carbocycles. The number of benzene rings is 1. The average Bonchev–Trinajstić information content (AvgIpc) is 2.98. The smallest absolute Gasteiger partial charge is 0.335 e. The monoisotopic (exact) mass is 341 g/mol. The number of hydrogen-bond donors (Lipinski definition) is 2. The van der Waals surface area contributed by atoms with E-state index < -0.39 is 5.97 Å². The molecule has 6 heteroatoms. The second-order valence-electron chi connectivity index (χ2n) is 5.88. The van der Waals surface area contributed by atoms with Crippen LogP contribution in [0.5, 0.6) is 0 Å². The number of nitrogens with one attached hydrogen (secondary N) is 1. The zero-order valence-corrected chi connectivity index (χ0v) is 14.6. The third-order valence-electron chi connectivity index (χ3n) is 3.72. The molecule has 3 aromatic rings. The van der Waals surface area contributed by atoms with E-state index in [9.17, 15) is 4.79 Å². The molecular weight excluding hydrogens is 322 g/mol. The Kier molecular flexibility index (Phi) is 4.49. The van der Waals surface area contributed by atoms with Gasteiger partial charge in [-0.1, -0.05) is 20.8 Å². The van der Waals surface area contributed by atoms with Crippen molar-refractivity contribution in [2.75, 3.05) is 5.32 Å². The van der Waals surface area contributed by atoms with Crippen LogP contribution >= 0.6 is 11.3 Å². The van der Waals surface area contributed by atoms with Crippen molar-refractivity contribution in [1.82, 2.24) is 9.97 Å². The highest BCUT2D eigenvalue weighted by Gasteiger charge is 2.14. The minimum atomic E-state index is -0.932. The second kappa shape index (κ2) is 6.57. The van der Waals surface area contributed by atoms with Gasteiger partial charge in [0.1, 0.15) is 16.5 Å². The molecule has 0 unspecified atom stereocenters. The molecule has 124 valence electrons. The maximum atomic E-state index is 11.0. The van der Waals surface area contributed by atoms with Crippen molar-refractivity contribution in [3.05, 3.63) is 46.6 Å². The van der Waals surface area contributed by atoms with Crippen LogP contribution in [0.15, 0.2) is 30.3 Å². The molecule has 0 aliphatic heterocycles. The van der Waals surface area contributed by atoms with E-state index in [1.807, 2.05) is 0 Å². The zero-order chi connectivity index (χ0) is 17.3. The van der Waals surface area contributed by atoms with E-state index in [1.54, 1.807) is 35.6 Å². The number of anilines is 2. The van der Waals surface area contributed by atoms with Crippen molar-refractivity contribution >= 4 is 39.0 Å². The lowest BCUT2D eigenvalue weighted by molar-refractivity contribution is 0.0697. The van der Waals surface area contributed by atoms with E-state index in [0.717, 1.165) is 34.0 Å². The van der Waals surface area contributed by atoms with Gasteiger partial charge >= 0.3 is 5.97 Å². The van der Waals surface area contributed by atoms with E-state index >= 15 is 0 Å². The van der Waals surface area contributed by atoms with Crippen LogP contribution in [0.3, 0.4) is 0 Å². The Morgan fingerprint density at radius 1 is 1.25 bits per heavy atom. The molecule has 3 rings (SSSR count). The predicted octanol–water partition coefficient (Wildman–Crippen LogP) is 4.82. The molecule has 24 heavy (non-hydrogen) atoms. The van der Waals surface area contributed by atoms with Crippen molar-refractivity contribution in [3.8, 4) is 0 Å². The molecule has 2 aromatic heterocycles. The van der Waals surface area contributed by atoms with Crippen LogP contribution in [0.1, 0.15) is 47.7 Å². The summed E-state index contributed by atoms with van der Waals surface area (Å²) in [5, 5.41) is 13.3. The van der Waals surface area contributed by atoms with E-state index in [4.69, 9.17) is 5.11 Å². The summed E-state index contributed by atoms with van der Waals surface area (Å²) in [6.07, 6.45) is 0.963. The SMILES string of the molecule is CCc1cc2c(Nc3ccc(C(=O)O)cc3)nc(C(C)C)nc2s1. The molecule has 5 nitrogen and oxygen atoms in total. The lowest BCUT2D eigenvalue weighted by Crippen LogP contribution is -2.02. The lowest BCUT2D eigenvalue weighted by atomic mass is 10.2. The minimum Gasteiger partial charge on any atom is -0.478 e. The van der Waals surface area contributed by atoms with Crippen LogP contribution in [0, 0.1) is 0 Å². The van der Waals surface area contributed by atoms with Crippen LogP contribution in [-0.2, 0) is 6.42 Å². The number of carboxylic acids is 1. The van der Waals surface area contributed by atoms with Crippen LogP contribution in [0.2, 0.25) is 0 Å². The number of carbonyl (C=O) groups is 1. The number of aromatic carboxylic acids is 1. The number of carboxylic acid groups (broad SMARTS) is 1. The summed E-state index contributed by atoms with van der Waals surface area (Å²) < 4.78 is 0. The highest BCUT2D eigenvalue weighted by molar-refractivity contribution is 7.18. The van der Waals surface area contributed by atoms with Gasteiger partial charge in [-0.05, 0) is 36.8 Å². The average molecular weight is 341 g/mol. The molecule has 0 bridgehead atoms. The predicted molar refractivity (Wildman–Crippen MR) is 97.6 cm³/mol. The molecule has 0 aliphatic rings. The molecular formula is C18H19N3O2S. The van der Waals surface area contributed by atoms with Crippen LogP contribution in [0.25, 0.3) is 10.2 Å². The summed E-state index contributed by atoms with van der Waals surface area (Å²) in [6, 6.07) is 8.78. The number of hydrogen-bond acceptors (Lipinski definition) is 5. The first-order valence-electron chi connectivity index (χ1n) is 7.88. The summed E-state index contributed by atoms with van der Waals surface area (Å²) in [5.74, 6) is 0.870. The van der Waals surface area contributed by atoms with Gasteiger partial charge in [-0.25, -0.2) is 14.8 Å². The van der Waals surface area contributed by atoms with Gasteiger partial charge in [0.2, 0.25) is 0 Å². The maximum Gasteiger partial charge on any atom is 0.335 e. The van der Waals surface area contributed by atoms with Crippen LogP contribution in [0.4, 0.5) is 11.5 Å². The number of thiophene rings is 1. The van der Waals surface area contributed by atoms with Gasteiger partial charge in [-0.3, -0.25) is 0 Å². The summed E-state index contributed by atoms with van der Waals surface area (Å²) >= 11 is 1.69. The Morgan fingerprint density at radius 2 is 1.96 bits per heavy atom. The fraction of sp³-hybridized carbons (Fsp3) is 0.278. The van der Waals surface area contributed by atoms with E-state index in [1.165, 1.54) is 4.88 Å². The maximum absolute atomic E-state index is 11.0. The van der Waals surface area contributed by atoms with Gasteiger partial charge in [-0.15, -0.1) is 11.3 Å². The topological polar surface area (TPSA) is 75.1 Å². The molecule has 0 radical (unpaired) electrons. The Morgan fingerprint density at radius 3 is 2.54 bits per heavy atom. The fourth-order valence-electron chi connectivity index (χ4n) is 2.35. The van der Waals surface area contributed by atoms with E-state index in [0.29, 0.717) is 0 Å². The third kappa shape index (κ3) is 3.23. The molecule has 2 heterocycles. The first-order valence-corrected chi connectivity index (χ1v) is 8.70. The van der Waals surface area contributed by atoms with Crippen molar-refractivity contribution in [3.63, 3.8) is 0 Å². The number of aryl methyl sites for hydroxylation is 1. The standard InChI is InChI=1S/C18H19N3O2S/c1-4-13-9-14-16(20-15(10(2)3)21-17(14)24-13)19-12-7-5-11(6-8-12)18(22)23/h5-10H,4H2,1-3H3,(H,22,23)(H,19,20,21). The third-order valence-corrected chi connectivity index (χ3v) is 4.89. The Bertz CT molecular complexity index is 885. The minimum absolute atomic E-state index is 0.233.